The maximum atomic E-state index is 9.82. The van der Waals surface area contributed by atoms with Crippen LogP contribution in [0.3, 0.4) is 0 Å². The van der Waals surface area contributed by atoms with Crippen LogP contribution < -0.4 is 0 Å². The van der Waals surface area contributed by atoms with Crippen LogP contribution >= 0.6 is 0 Å². The van der Waals surface area contributed by atoms with Gasteiger partial charge in [0.05, 0.1) is 6.61 Å². The van der Waals surface area contributed by atoms with Crippen molar-refractivity contribution in [2.24, 2.45) is 0 Å². The molecule has 0 amide bonds. The Bertz CT molecular complexity index is 217. The van der Waals surface area contributed by atoms with Gasteiger partial charge < -0.3 is 24.1 Å². The Kier molecular flexibility index (Phi) is 2.53. The van der Waals surface area contributed by atoms with E-state index < -0.39 is 18.2 Å². The van der Waals surface area contributed by atoms with Gasteiger partial charge in [-0.1, -0.05) is 0 Å². The SMILES string of the molecule is COC1OC[C@@H]2OC(C)(C)O[C@@H]2[C@H]1O. The normalized spacial score (nSPS) is 46.3. The highest BCUT2D eigenvalue weighted by atomic mass is 16.8. The Morgan fingerprint density at radius 1 is 1.36 bits per heavy atom. The maximum absolute atomic E-state index is 9.82. The summed E-state index contributed by atoms with van der Waals surface area (Å²) in [5.74, 6) is -0.650. The van der Waals surface area contributed by atoms with Gasteiger partial charge in [-0.2, -0.15) is 0 Å². The van der Waals surface area contributed by atoms with Crippen LogP contribution in [0.1, 0.15) is 13.8 Å². The summed E-state index contributed by atoms with van der Waals surface area (Å²) in [6.45, 7) is 4.03. The Morgan fingerprint density at radius 2 is 2.07 bits per heavy atom. The lowest BCUT2D eigenvalue weighted by atomic mass is 10.1. The third-order valence-electron chi connectivity index (χ3n) is 2.49. The number of fused-ring (bicyclic) bond motifs is 1. The second-order valence-corrected chi connectivity index (χ2v) is 4.07. The monoisotopic (exact) mass is 204 g/mol. The van der Waals surface area contributed by atoms with E-state index in [-0.39, 0.29) is 12.2 Å². The molecule has 2 fully saturated rings. The van der Waals surface area contributed by atoms with Crippen molar-refractivity contribution >= 4 is 0 Å². The lowest BCUT2D eigenvalue weighted by Crippen LogP contribution is -2.52. The van der Waals surface area contributed by atoms with E-state index in [1.807, 2.05) is 13.8 Å². The number of hydrogen-bond acceptors (Lipinski definition) is 5. The van der Waals surface area contributed by atoms with Crippen molar-refractivity contribution in [3.63, 3.8) is 0 Å². The molecule has 0 aliphatic carbocycles. The van der Waals surface area contributed by atoms with Crippen LogP contribution in [0.4, 0.5) is 0 Å². The van der Waals surface area contributed by atoms with Gasteiger partial charge in [0.2, 0.25) is 0 Å². The minimum atomic E-state index is -0.791. The zero-order chi connectivity index (χ0) is 10.3. The lowest BCUT2D eigenvalue weighted by Gasteiger charge is -2.33. The molecule has 82 valence electrons. The van der Waals surface area contributed by atoms with E-state index in [4.69, 9.17) is 18.9 Å². The summed E-state index contributed by atoms with van der Waals surface area (Å²) >= 11 is 0. The number of aliphatic hydroxyl groups excluding tert-OH is 1. The molecule has 2 aliphatic rings. The molecule has 5 nitrogen and oxygen atoms in total. The van der Waals surface area contributed by atoms with Gasteiger partial charge >= 0.3 is 0 Å². The molecule has 0 aromatic heterocycles. The van der Waals surface area contributed by atoms with Gasteiger partial charge in [0.15, 0.2) is 12.1 Å². The van der Waals surface area contributed by atoms with Gasteiger partial charge in [0.1, 0.15) is 18.3 Å². The molecule has 0 radical (unpaired) electrons. The summed E-state index contributed by atoms with van der Waals surface area (Å²) in [5, 5.41) is 9.82. The first-order valence-corrected chi connectivity index (χ1v) is 4.71. The molecule has 0 bridgehead atoms. The molecule has 2 heterocycles. The summed E-state index contributed by atoms with van der Waals surface area (Å²) in [7, 11) is 1.50. The summed E-state index contributed by atoms with van der Waals surface area (Å²) in [4.78, 5) is 0. The van der Waals surface area contributed by atoms with Crippen molar-refractivity contribution in [1.29, 1.82) is 0 Å². The maximum Gasteiger partial charge on any atom is 0.185 e. The predicted molar refractivity (Wildman–Crippen MR) is 46.6 cm³/mol. The molecule has 2 aliphatic heterocycles. The Balaban J connectivity index is 2.08. The van der Waals surface area contributed by atoms with E-state index in [1.165, 1.54) is 7.11 Å². The molecule has 14 heavy (non-hydrogen) atoms. The van der Waals surface area contributed by atoms with Gasteiger partial charge in [-0.05, 0) is 13.8 Å². The minimum Gasteiger partial charge on any atom is -0.385 e. The molecule has 0 aromatic rings. The highest BCUT2D eigenvalue weighted by Gasteiger charge is 2.50. The lowest BCUT2D eigenvalue weighted by molar-refractivity contribution is -0.241. The number of aliphatic hydroxyl groups is 1. The first-order chi connectivity index (χ1) is 6.53. The predicted octanol–water partition coefficient (Wildman–Crippen LogP) is -0.130. The van der Waals surface area contributed by atoms with E-state index in [1.54, 1.807) is 0 Å². The van der Waals surface area contributed by atoms with Crippen LogP contribution in [-0.4, -0.2) is 49.2 Å². The van der Waals surface area contributed by atoms with E-state index in [9.17, 15) is 5.11 Å². The average molecular weight is 204 g/mol. The van der Waals surface area contributed by atoms with Gasteiger partial charge in [-0.25, -0.2) is 0 Å². The van der Waals surface area contributed by atoms with Crippen molar-refractivity contribution in [3.8, 4) is 0 Å². The fourth-order valence-corrected chi connectivity index (χ4v) is 1.93. The first kappa shape index (κ1) is 10.3. The second-order valence-electron chi connectivity index (χ2n) is 4.07. The Hall–Kier alpha value is -0.200. The van der Waals surface area contributed by atoms with E-state index in [0.29, 0.717) is 6.61 Å². The van der Waals surface area contributed by atoms with E-state index in [0.717, 1.165) is 0 Å². The van der Waals surface area contributed by atoms with E-state index >= 15 is 0 Å². The number of methoxy groups -OCH3 is 1. The largest absolute Gasteiger partial charge is 0.385 e. The van der Waals surface area contributed by atoms with Gasteiger partial charge in [0.25, 0.3) is 0 Å². The smallest absolute Gasteiger partial charge is 0.185 e. The van der Waals surface area contributed by atoms with Crippen molar-refractivity contribution in [3.05, 3.63) is 0 Å². The molecule has 2 saturated heterocycles. The summed E-state index contributed by atoms with van der Waals surface area (Å²) in [6.07, 6.45) is -1.97. The summed E-state index contributed by atoms with van der Waals surface area (Å²) in [6, 6.07) is 0. The topological polar surface area (TPSA) is 57.2 Å². The van der Waals surface area contributed by atoms with Crippen LogP contribution in [-0.2, 0) is 18.9 Å². The molecule has 4 atom stereocenters. The molecule has 1 N–H and O–H groups in total. The molecule has 1 unspecified atom stereocenters. The van der Waals surface area contributed by atoms with Gasteiger partial charge in [-0.15, -0.1) is 0 Å². The summed E-state index contributed by atoms with van der Waals surface area (Å²) in [5.41, 5.74) is 0. The van der Waals surface area contributed by atoms with Gasteiger partial charge in [0, 0.05) is 7.11 Å². The van der Waals surface area contributed by atoms with Crippen molar-refractivity contribution in [2.45, 2.75) is 44.2 Å². The van der Waals surface area contributed by atoms with Crippen LogP contribution in [0.5, 0.6) is 0 Å². The highest BCUT2D eigenvalue weighted by Crippen LogP contribution is 2.34. The van der Waals surface area contributed by atoms with Crippen LogP contribution in [0.15, 0.2) is 0 Å². The van der Waals surface area contributed by atoms with E-state index in [2.05, 4.69) is 0 Å². The molecular weight excluding hydrogens is 188 g/mol. The number of rotatable bonds is 1. The highest BCUT2D eigenvalue weighted by molar-refractivity contribution is 4.91. The van der Waals surface area contributed by atoms with Crippen molar-refractivity contribution in [2.75, 3.05) is 13.7 Å². The van der Waals surface area contributed by atoms with Gasteiger partial charge in [-0.3, -0.25) is 0 Å². The number of hydrogen-bond donors (Lipinski definition) is 1. The molecule has 0 saturated carbocycles. The molecule has 5 heteroatoms. The zero-order valence-corrected chi connectivity index (χ0v) is 8.60. The van der Waals surface area contributed by atoms with Crippen molar-refractivity contribution < 1.29 is 24.1 Å². The first-order valence-electron chi connectivity index (χ1n) is 4.71. The fraction of sp³-hybridized carbons (Fsp3) is 1.00. The van der Waals surface area contributed by atoms with Crippen LogP contribution in [0.2, 0.25) is 0 Å². The molecule has 0 spiro atoms. The third-order valence-corrected chi connectivity index (χ3v) is 2.49. The number of ether oxygens (including phenoxy) is 4. The minimum absolute atomic E-state index is 0.202. The second kappa shape index (κ2) is 3.43. The standard InChI is InChI=1S/C9H16O5/c1-9(2)13-5-4-12-8(11-3)6(10)7(5)14-9/h5-8,10H,4H2,1-3H3/t5-,6+,7-,8?/m0/s1. The third kappa shape index (κ3) is 1.66. The Labute approximate surface area is 82.9 Å². The van der Waals surface area contributed by atoms with Crippen LogP contribution in [0, 0.1) is 0 Å². The Morgan fingerprint density at radius 3 is 2.71 bits per heavy atom. The zero-order valence-electron chi connectivity index (χ0n) is 8.60. The molecule has 2 rings (SSSR count). The average Bonchev–Trinajstić information content (AvgIpc) is 2.42. The van der Waals surface area contributed by atoms with Crippen molar-refractivity contribution in [1.82, 2.24) is 0 Å². The molecule has 0 aromatic carbocycles. The summed E-state index contributed by atoms with van der Waals surface area (Å²) < 4.78 is 21.4. The quantitative estimate of drug-likeness (QED) is 0.644. The molecular formula is C9H16O5. The van der Waals surface area contributed by atoms with Crippen LogP contribution in [0.25, 0.3) is 0 Å². The fourth-order valence-electron chi connectivity index (χ4n) is 1.93.